The Balaban J connectivity index is 0.000000175. The Hall–Kier alpha value is -2.30. The quantitative estimate of drug-likeness (QED) is 0.796. The second-order valence-electron chi connectivity index (χ2n) is 6.94. The van der Waals surface area contributed by atoms with Crippen molar-refractivity contribution in [2.75, 3.05) is 13.1 Å². The first-order valence-electron chi connectivity index (χ1n) is 8.41. The minimum absolute atomic E-state index is 0.0521. The molecule has 130 valence electrons. The molecule has 5 nitrogen and oxygen atoms in total. The van der Waals surface area contributed by atoms with E-state index in [9.17, 15) is 9.59 Å². The Labute approximate surface area is 142 Å². The van der Waals surface area contributed by atoms with E-state index in [0.717, 1.165) is 36.8 Å². The molecule has 0 aliphatic carbocycles. The first-order chi connectivity index (χ1) is 11.3. The maximum atomic E-state index is 11.5. The van der Waals surface area contributed by atoms with Crippen molar-refractivity contribution in [2.45, 2.75) is 45.6 Å². The van der Waals surface area contributed by atoms with Crippen LogP contribution in [0.3, 0.4) is 0 Å². The highest BCUT2D eigenvalue weighted by atomic mass is 16.6. The number of H-pyrrole nitrogens is 1. The van der Waals surface area contributed by atoms with E-state index in [0.29, 0.717) is 0 Å². The maximum absolute atomic E-state index is 11.5. The van der Waals surface area contributed by atoms with Crippen LogP contribution in [0, 0.1) is 0 Å². The zero-order valence-corrected chi connectivity index (χ0v) is 14.7. The summed E-state index contributed by atoms with van der Waals surface area (Å²) in [4.78, 5) is 26.9. The first-order valence-corrected chi connectivity index (χ1v) is 8.41. The van der Waals surface area contributed by atoms with Gasteiger partial charge in [-0.2, -0.15) is 0 Å². The first kappa shape index (κ1) is 18.0. The summed E-state index contributed by atoms with van der Waals surface area (Å²) in [5.74, 6) is 0. The molecule has 1 aromatic carbocycles. The van der Waals surface area contributed by atoms with Crippen molar-refractivity contribution in [2.24, 2.45) is 0 Å². The van der Waals surface area contributed by atoms with Gasteiger partial charge in [0.25, 0.3) is 0 Å². The molecule has 1 aliphatic heterocycles. The summed E-state index contributed by atoms with van der Waals surface area (Å²) in [6.45, 7) is 7.41. The van der Waals surface area contributed by atoms with Gasteiger partial charge in [0, 0.05) is 24.7 Å². The van der Waals surface area contributed by atoms with Crippen molar-refractivity contribution >= 4 is 17.0 Å². The summed E-state index contributed by atoms with van der Waals surface area (Å²) in [5.41, 5.74) is 0.470. The number of hydrogen-bond donors (Lipinski definition) is 1. The maximum Gasteiger partial charge on any atom is 0.410 e. The standard InChI is InChI=1S/C10H19NO2.C9H7NO/c1-10(2,3)13-9(12)11-7-5-4-6-8-11;11-9-6-5-7-3-1-2-4-8(7)10-9/h4-8H2,1-3H3;1-6H,(H,10,11). The molecule has 24 heavy (non-hydrogen) atoms. The summed E-state index contributed by atoms with van der Waals surface area (Å²) in [6.07, 6.45) is 3.30. The van der Waals surface area contributed by atoms with Crippen LogP contribution >= 0.6 is 0 Å². The van der Waals surface area contributed by atoms with Gasteiger partial charge in [0.05, 0.1) is 0 Å². The van der Waals surface area contributed by atoms with E-state index in [4.69, 9.17) is 4.74 Å². The number of carbonyl (C=O) groups excluding carboxylic acids is 1. The molecule has 3 rings (SSSR count). The van der Waals surface area contributed by atoms with Crippen LogP contribution in [0.4, 0.5) is 4.79 Å². The van der Waals surface area contributed by atoms with Crippen LogP contribution in [0.2, 0.25) is 0 Å². The molecule has 1 fully saturated rings. The van der Waals surface area contributed by atoms with Gasteiger partial charge in [-0.25, -0.2) is 4.79 Å². The molecule has 2 aromatic rings. The van der Waals surface area contributed by atoms with E-state index in [1.54, 1.807) is 4.90 Å². The van der Waals surface area contributed by atoms with Crippen LogP contribution < -0.4 is 5.56 Å². The van der Waals surface area contributed by atoms with Crippen molar-refractivity contribution in [1.29, 1.82) is 0 Å². The predicted molar refractivity (Wildman–Crippen MR) is 96.2 cm³/mol. The van der Waals surface area contributed by atoms with Gasteiger partial charge in [-0.3, -0.25) is 4.79 Å². The van der Waals surface area contributed by atoms with Crippen molar-refractivity contribution in [3.63, 3.8) is 0 Å². The van der Waals surface area contributed by atoms with E-state index < -0.39 is 0 Å². The molecule has 1 amide bonds. The highest BCUT2D eigenvalue weighted by Gasteiger charge is 2.22. The van der Waals surface area contributed by atoms with Crippen LogP contribution in [-0.2, 0) is 4.74 Å². The van der Waals surface area contributed by atoms with E-state index in [2.05, 4.69) is 4.98 Å². The van der Waals surface area contributed by atoms with Crippen LogP contribution in [-0.4, -0.2) is 34.7 Å². The summed E-state index contributed by atoms with van der Waals surface area (Å²) in [6, 6.07) is 11.0. The van der Waals surface area contributed by atoms with Gasteiger partial charge in [0.1, 0.15) is 5.60 Å². The zero-order valence-electron chi connectivity index (χ0n) is 14.7. The molecule has 0 bridgehead atoms. The SMILES string of the molecule is CC(C)(C)OC(=O)N1CCCCC1.O=c1ccc2ccccc2[nH]1. The third-order valence-corrected chi connectivity index (χ3v) is 3.64. The highest BCUT2D eigenvalue weighted by Crippen LogP contribution is 2.14. The van der Waals surface area contributed by atoms with E-state index in [1.165, 1.54) is 12.5 Å². The molecule has 1 N–H and O–H groups in total. The number of carbonyl (C=O) groups is 1. The van der Waals surface area contributed by atoms with Gasteiger partial charge >= 0.3 is 6.09 Å². The number of nitrogens with zero attached hydrogens (tertiary/aromatic N) is 1. The normalized spacial score (nSPS) is 14.7. The molecule has 0 spiro atoms. The van der Waals surface area contributed by atoms with E-state index in [-0.39, 0.29) is 17.3 Å². The van der Waals surface area contributed by atoms with E-state index >= 15 is 0 Å². The second-order valence-corrected chi connectivity index (χ2v) is 6.94. The number of pyridine rings is 1. The number of aromatic amines is 1. The largest absolute Gasteiger partial charge is 0.444 e. The monoisotopic (exact) mass is 330 g/mol. The van der Waals surface area contributed by atoms with Gasteiger partial charge in [0.15, 0.2) is 0 Å². The third kappa shape index (κ3) is 5.72. The van der Waals surface area contributed by atoms with Crippen molar-refractivity contribution in [1.82, 2.24) is 9.88 Å². The molecule has 2 heterocycles. The fraction of sp³-hybridized carbons (Fsp3) is 0.474. The number of aromatic nitrogens is 1. The summed E-state index contributed by atoms with van der Waals surface area (Å²) in [7, 11) is 0. The Morgan fingerprint density at radius 3 is 2.38 bits per heavy atom. The molecular weight excluding hydrogens is 304 g/mol. The minimum Gasteiger partial charge on any atom is -0.444 e. The lowest BCUT2D eigenvalue weighted by molar-refractivity contribution is 0.0216. The van der Waals surface area contributed by atoms with Crippen molar-refractivity contribution in [3.05, 3.63) is 46.8 Å². The second kappa shape index (κ2) is 7.99. The lowest BCUT2D eigenvalue weighted by atomic mass is 10.1. The average molecular weight is 330 g/mol. The average Bonchev–Trinajstić information content (AvgIpc) is 2.54. The smallest absolute Gasteiger partial charge is 0.410 e. The van der Waals surface area contributed by atoms with Gasteiger partial charge in [0.2, 0.25) is 5.56 Å². The van der Waals surface area contributed by atoms with E-state index in [1.807, 2.05) is 51.1 Å². The Bertz CT molecular complexity index is 725. The molecule has 1 aliphatic rings. The number of para-hydroxylation sites is 1. The number of benzene rings is 1. The zero-order chi connectivity index (χ0) is 17.6. The molecule has 1 aromatic heterocycles. The number of nitrogens with one attached hydrogen (secondary N) is 1. The van der Waals surface area contributed by atoms with Crippen LogP contribution in [0.5, 0.6) is 0 Å². The van der Waals surface area contributed by atoms with Gasteiger partial charge < -0.3 is 14.6 Å². The Morgan fingerprint density at radius 1 is 1.04 bits per heavy atom. The summed E-state index contributed by atoms with van der Waals surface area (Å²) in [5, 5.41) is 1.06. The number of likely N-dealkylation sites (tertiary alicyclic amines) is 1. The van der Waals surface area contributed by atoms with Crippen LogP contribution in [0.1, 0.15) is 40.0 Å². The molecule has 0 atom stereocenters. The Morgan fingerprint density at radius 2 is 1.71 bits per heavy atom. The number of piperidine rings is 1. The van der Waals surface area contributed by atoms with Crippen LogP contribution in [0.25, 0.3) is 10.9 Å². The van der Waals surface area contributed by atoms with Crippen molar-refractivity contribution in [3.8, 4) is 0 Å². The fourth-order valence-corrected chi connectivity index (χ4v) is 2.50. The van der Waals surface area contributed by atoms with Crippen molar-refractivity contribution < 1.29 is 9.53 Å². The van der Waals surface area contributed by atoms with Gasteiger partial charge in [-0.05, 0) is 57.6 Å². The number of amides is 1. The number of rotatable bonds is 0. The molecule has 0 saturated carbocycles. The Kier molecular flexibility index (Phi) is 6.01. The third-order valence-electron chi connectivity index (χ3n) is 3.64. The lowest BCUT2D eigenvalue weighted by Crippen LogP contribution is -2.39. The topological polar surface area (TPSA) is 62.4 Å². The number of ether oxygens (including phenoxy) is 1. The molecule has 5 heteroatoms. The summed E-state index contributed by atoms with van der Waals surface area (Å²) < 4.78 is 5.26. The fourth-order valence-electron chi connectivity index (χ4n) is 2.50. The van der Waals surface area contributed by atoms with Gasteiger partial charge in [-0.15, -0.1) is 0 Å². The predicted octanol–water partition coefficient (Wildman–Crippen LogP) is 3.94. The molecular formula is C19H26N2O3. The van der Waals surface area contributed by atoms with Gasteiger partial charge in [-0.1, -0.05) is 18.2 Å². The number of fused-ring (bicyclic) bond motifs is 1. The lowest BCUT2D eigenvalue weighted by Gasteiger charge is -2.29. The molecule has 0 unspecified atom stereocenters. The molecule has 0 radical (unpaired) electrons. The molecule has 1 saturated heterocycles. The highest BCUT2D eigenvalue weighted by molar-refractivity contribution is 5.77. The van der Waals surface area contributed by atoms with Crippen LogP contribution in [0.15, 0.2) is 41.2 Å². The summed E-state index contributed by atoms with van der Waals surface area (Å²) >= 11 is 0. The number of hydrogen-bond acceptors (Lipinski definition) is 3. The minimum atomic E-state index is -0.367.